The van der Waals surface area contributed by atoms with Gasteiger partial charge in [-0.15, -0.1) is 0 Å². The lowest BCUT2D eigenvalue weighted by Crippen LogP contribution is -2.54. The minimum Gasteiger partial charge on any atom is -0.351 e. The molecular formula is C22H24F5N5O. The smallest absolute Gasteiger partial charge is 0.351 e. The van der Waals surface area contributed by atoms with Gasteiger partial charge < -0.3 is 10.6 Å². The summed E-state index contributed by atoms with van der Waals surface area (Å²) in [5.74, 6) is -2.03. The minimum absolute atomic E-state index is 0.0105. The second-order valence-corrected chi connectivity index (χ2v) is 8.69. The highest BCUT2D eigenvalue weighted by molar-refractivity contribution is 6.02. The number of halogens is 5. The van der Waals surface area contributed by atoms with Crippen LogP contribution in [0.3, 0.4) is 0 Å². The molecule has 1 heterocycles. The normalized spacial score (nSPS) is 19.5. The van der Waals surface area contributed by atoms with Crippen molar-refractivity contribution in [1.82, 2.24) is 21.5 Å². The lowest BCUT2D eigenvalue weighted by Gasteiger charge is -2.25. The van der Waals surface area contributed by atoms with E-state index < -0.39 is 47.0 Å². The average molecular weight is 469 g/mol. The Kier molecular flexibility index (Phi) is 7.03. The van der Waals surface area contributed by atoms with Gasteiger partial charge in [-0.3, -0.25) is 4.79 Å². The van der Waals surface area contributed by atoms with Gasteiger partial charge in [0, 0.05) is 29.6 Å². The number of nitrogens with one attached hydrogen (secondary N) is 4. The van der Waals surface area contributed by atoms with Gasteiger partial charge in [0.15, 0.2) is 0 Å². The Morgan fingerprint density at radius 1 is 1.00 bits per heavy atom. The zero-order chi connectivity index (χ0) is 24.4. The summed E-state index contributed by atoms with van der Waals surface area (Å²) >= 11 is 0. The molecule has 11 heteroatoms. The summed E-state index contributed by atoms with van der Waals surface area (Å²) < 4.78 is 65.3. The van der Waals surface area contributed by atoms with Crippen molar-refractivity contribution < 1.29 is 26.7 Å². The first kappa shape index (κ1) is 24.6. The van der Waals surface area contributed by atoms with E-state index in [0.29, 0.717) is 12.0 Å². The van der Waals surface area contributed by atoms with Gasteiger partial charge in [-0.25, -0.2) is 19.6 Å². The molecule has 0 aromatic heterocycles. The van der Waals surface area contributed by atoms with Crippen LogP contribution in [0.5, 0.6) is 0 Å². The van der Waals surface area contributed by atoms with Crippen molar-refractivity contribution in [3.05, 3.63) is 70.8 Å². The number of hydrogen-bond acceptors (Lipinski definition) is 3. The highest BCUT2D eigenvalue weighted by Crippen LogP contribution is 2.29. The van der Waals surface area contributed by atoms with Gasteiger partial charge in [-0.1, -0.05) is 0 Å². The van der Waals surface area contributed by atoms with Gasteiger partial charge in [-0.05, 0) is 62.7 Å². The van der Waals surface area contributed by atoms with E-state index in [1.165, 1.54) is 12.1 Å². The standard InChI is InChI=1S/C22H24F5N5O/c1-21(2,3)30-20(29-19(33)12-4-6-14(7-5-12)22(25,26)27)28-18-11-17(31-32-18)13-8-15(23)10-16(24)9-13/h4-10,17-18,31-32H,11H2,1-3H3,(H2,28,29,30,33). The summed E-state index contributed by atoms with van der Waals surface area (Å²) in [5, 5.41) is 6.06. The fourth-order valence-electron chi connectivity index (χ4n) is 3.23. The van der Waals surface area contributed by atoms with Crippen LogP contribution < -0.4 is 21.5 Å². The molecule has 1 aliphatic heterocycles. The predicted molar refractivity (Wildman–Crippen MR) is 113 cm³/mol. The SMILES string of the molecule is CC(C)(C)N/C(=N/C(=O)c1ccc(C(F)(F)F)cc1)NC1CC(c2cc(F)cc(F)c2)NN1. The van der Waals surface area contributed by atoms with E-state index in [1.54, 1.807) is 0 Å². The van der Waals surface area contributed by atoms with Crippen molar-refractivity contribution in [2.24, 2.45) is 4.99 Å². The Labute approximate surface area is 187 Å². The largest absolute Gasteiger partial charge is 0.416 e. The van der Waals surface area contributed by atoms with Gasteiger partial charge in [0.1, 0.15) is 11.6 Å². The Balaban J connectivity index is 1.74. The number of alkyl halides is 3. The third kappa shape index (κ3) is 6.96. The summed E-state index contributed by atoms with van der Waals surface area (Å²) in [6.07, 6.45) is -4.61. The molecule has 1 aliphatic rings. The first-order valence-corrected chi connectivity index (χ1v) is 10.1. The minimum atomic E-state index is -4.51. The van der Waals surface area contributed by atoms with E-state index in [2.05, 4.69) is 26.5 Å². The second-order valence-electron chi connectivity index (χ2n) is 8.69. The molecule has 0 saturated carbocycles. The van der Waals surface area contributed by atoms with Crippen molar-refractivity contribution in [2.75, 3.05) is 0 Å². The summed E-state index contributed by atoms with van der Waals surface area (Å²) in [6.45, 7) is 5.52. The summed E-state index contributed by atoms with van der Waals surface area (Å²) in [4.78, 5) is 16.6. The topological polar surface area (TPSA) is 77.5 Å². The van der Waals surface area contributed by atoms with Crippen LogP contribution in [0.1, 0.15) is 54.7 Å². The van der Waals surface area contributed by atoms with Crippen LogP contribution in [0.4, 0.5) is 22.0 Å². The Hall–Kier alpha value is -3.05. The molecule has 0 spiro atoms. The number of amides is 1. The number of aliphatic imine (C=N–C) groups is 1. The number of guanidine groups is 1. The van der Waals surface area contributed by atoms with Gasteiger partial charge >= 0.3 is 6.18 Å². The van der Waals surface area contributed by atoms with Crippen molar-refractivity contribution >= 4 is 11.9 Å². The summed E-state index contributed by atoms with van der Waals surface area (Å²) in [7, 11) is 0. The van der Waals surface area contributed by atoms with Crippen LogP contribution in [0.25, 0.3) is 0 Å². The second kappa shape index (κ2) is 9.44. The lowest BCUT2D eigenvalue weighted by molar-refractivity contribution is -0.137. The fraction of sp³-hybridized carbons (Fsp3) is 0.364. The number of carbonyl (C=O) groups excluding carboxylic acids is 1. The molecule has 0 radical (unpaired) electrons. The molecule has 6 nitrogen and oxygen atoms in total. The monoisotopic (exact) mass is 469 g/mol. The molecule has 1 saturated heterocycles. The maximum atomic E-state index is 13.5. The Bertz CT molecular complexity index is 1010. The molecule has 2 aromatic rings. The number of hydrazine groups is 1. The van der Waals surface area contributed by atoms with Gasteiger partial charge in [0.05, 0.1) is 11.7 Å². The van der Waals surface area contributed by atoms with E-state index in [4.69, 9.17) is 0 Å². The van der Waals surface area contributed by atoms with Crippen molar-refractivity contribution in [1.29, 1.82) is 0 Å². The highest BCUT2D eigenvalue weighted by atomic mass is 19.4. The van der Waals surface area contributed by atoms with E-state index in [-0.39, 0.29) is 11.5 Å². The van der Waals surface area contributed by atoms with Crippen molar-refractivity contribution in [3.63, 3.8) is 0 Å². The molecule has 33 heavy (non-hydrogen) atoms. The van der Waals surface area contributed by atoms with Crippen LogP contribution in [0, 0.1) is 11.6 Å². The molecule has 0 aliphatic carbocycles. The van der Waals surface area contributed by atoms with Crippen molar-refractivity contribution in [3.8, 4) is 0 Å². The molecule has 3 rings (SSSR count). The van der Waals surface area contributed by atoms with Crippen LogP contribution in [-0.4, -0.2) is 23.6 Å². The van der Waals surface area contributed by atoms with E-state index in [9.17, 15) is 26.7 Å². The fourth-order valence-corrected chi connectivity index (χ4v) is 3.23. The molecule has 1 fully saturated rings. The number of hydrogen-bond donors (Lipinski definition) is 4. The molecule has 0 bridgehead atoms. The zero-order valence-electron chi connectivity index (χ0n) is 18.1. The summed E-state index contributed by atoms with van der Waals surface area (Å²) in [5.41, 5.74) is 4.90. The Morgan fingerprint density at radius 2 is 1.61 bits per heavy atom. The Morgan fingerprint density at radius 3 is 2.15 bits per heavy atom. The summed E-state index contributed by atoms with van der Waals surface area (Å²) in [6, 6.07) is 6.58. The highest BCUT2D eigenvalue weighted by Gasteiger charge is 2.30. The first-order valence-electron chi connectivity index (χ1n) is 10.1. The van der Waals surface area contributed by atoms with E-state index >= 15 is 0 Å². The molecule has 2 atom stereocenters. The third-order valence-corrected chi connectivity index (χ3v) is 4.67. The first-order chi connectivity index (χ1) is 15.3. The number of nitrogens with zero attached hydrogens (tertiary/aromatic N) is 1. The van der Waals surface area contributed by atoms with Gasteiger partial charge in [0.25, 0.3) is 5.91 Å². The number of benzene rings is 2. The third-order valence-electron chi connectivity index (χ3n) is 4.67. The zero-order valence-corrected chi connectivity index (χ0v) is 18.1. The van der Waals surface area contributed by atoms with E-state index in [1.807, 2.05) is 20.8 Å². The van der Waals surface area contributed by atoms with Crippen molar-refractivity contribution in [2.45, 2.75) is 51.1 Å². The quantitative estimate of drug-likeness (QED) is 0.310. The van der Waals surface area contributed by atoms with Crippen LogP contribution in [0.15, 0.2) is 47.5 Å². The number of carbonyl (C=O) groups is 1. The number of rotatable bonds is 3. The molecule has 1 amide bonds. The molecule has 178 valence electrons. The van der Waals surface area contributed by atoms with Crippen LogP contribution in [-0.2, 0) is 6.18 Å². The van der Waals surface area contributed by atoms with Crippen LogP contribution in [0.2, 0.25) is 0 Å². The van der Waals surface area contributed by atoms with E-state index in [0.717, 1.165) is 30.3 Å². The molecular weight excluding hydrogens is 445 g/mol. The molecule has 2 aromatic carbocycles. The average Bonchev–Trinajstić information content (AvgIpc) is 3.14. The maximum absolute atomic E-state index is 13.5. The molecule has 4 N–H and O–H groups in total. The predicted octanol–water partition coefficient (Wildman–Crippen LogP) is 4.02. The van der Waals surface area contributed by atoms with Crippen LogP contribution >= 0.6 is 0 Å². The van der Waals surface area contributed by atoms with Gasteiger partial charge in [0.2, 0.25) is 5.96 Å². The molecule has 2 unspecified atom stereocenters. The lowest BCUT2D eigenvalue weighted by atomic mass is 10.0. The van der Waals surface area contributed by atoms with Gasteiger partial charge in [-0.2, -0.15) is 18.2 Å². The maximum Gasteiger partial charge on any atom is 0.416 e.